The molecule has 0 aliphatic carbocycles. The van der Waals surface area contributed by atoms with Gasteiger partial charge in [0.2, 0.25) is 0 Å². The minimum absolute atomic E-state index is 0.229. The first kappa shape index (κ1) is 11.5. The SMILES string of the molecule is C/C(=C(\C#N)C(=O)O)c1cccc(Br)c1. The summed E-state index contributed by atoms with van der Waals surface area (Å²) in [5, 5.41) is 17.5. The smallest absolute Gasteiger partial charge is 0.346 e. The van der Waals surface area contributed by atoms with E-state index in [1.165, 1.54) is 0 Å². The zero-order chi connectivity index (χ0) is 11.4. The summed E-state index contributed by atoms with van der Waals surface area (Å²) in [6.07, 6.45) is 0. The summed E-state index contributed by atoms with van der Waals surface area (Å²) in [7, 11) is 0. The Labute approximate surface area is 95.8 Å². The van der Waals surface area contributed by atoms with E-state index in [1.807, 2.05) is 6.07 Å². The third-order valence-electron chi connectivity index (χ3n) is 1.96. The van der Waals surface area contributed by atoms with E-state index in [0.717, 1.165) is 10.0 Å². The van der Waals surface area contributed by atoms with Crippen molar-refractivity contribution in [2.75, 3.05) is 0 Å². The lowest BCUT2D eigenvalue weighted by molar-refractivity contribution is -0.132. The molecule has 0 aliphatic rings. The summed E-state index contributed by atoms with van der Waals surface area (Å²) in [5.41, 5.74) is 0.961. The fourth-order valence-corrected chi connectivity index (χ4v) is 1.56. The lowest BCUT2D eigenvalue weighted by Crippen LogP contribution is -2.00. The molecule has 0 aromatic heterocycles. The van der Waals surface area contributed by atoms with Gasteiger partial charge in [-0.3, -0.25) is 0 Å². The summed E-state index contributed by atoms with van der Waals surface area (Å²) >= 11 is 3.29. The topological polar surface area (TPSA) is 61.1 Å². The zero-order valence-electron chi connectivity index (χ0n) is 7.99. The summed E-state index contributed by atoms with van der Waals surface area (Å²) in [6.45, 7) is 1.62. The molecule has 76 valence electrons. The Hall–Kier alpha value is -1.60. The molecule has 4 heteroatoms. The van der Waals surface area contributed by atoms with Crippen molar-refractivity contribution in [1.29, 1.82) is 5.26 Å². The highest BCUT2D eigenvalue weighted by molar-refractivity contribution is 9.10. The summed E-state index contributed by atoms with van der Waals surface area (Å²) < 4.78 is 0.849. The van der Waals surface area contributed by atoms with Crippen LogP contribution in [0.15, 0.2) is 34.3 Å². The number of halogens is 1. The van der Waals surface area contributed by atoms with Crippen LogP contribution in [-0.4, -0.2) is 11.1 Å². The van der Waals surface area contributed by atoms with Crippen LogP contribution in [-0.2, 0) is 4.79 Å². The first-order chi connectivity index (χ1) is 7.06. The molecule has 0 radical (unpaired) electrons. The maximum Gasteiger partial charge on any atom is 0.346 e. The van der Waals surface area contributed by atoms with E-state index in [9.17, 15) is 4.79 Å². The Balaban J connectivity index is 3.30. The quantitative estimate of drug-likeness (QED) is 0.661. The molecule has 0 bridgehead atoms. The van der Waals surface area contributed by atoms with Gasteiger partial charge in [-0.25, -0.2) is 4.79 Å². The molecule has 0 saturated heterocycles. The fourth-order valence-electron chi connectivity index (χ4n) is 1.16. The fraction of sp³-hybridized carbons (Fsp3) is 0.0909. The molecule has 3 nitrogen and oxygen atoms in total. The molecule has 0 fully saturated rings. The molecule has 0 atom stereocenters. The molecule has 0 spiro atoms. The Morgan fingerprint density at radius 1 is 1.53 bits per heavy atom. The Morgan fingerprint density at radius 3 is 2.67 bits per heavy atom. The number of carboxylic acids is 1. The predicted octanol–water partition coefficient (Wildman–Crippen LogP) is 2.83. The van der Waals surface area contributed by atoms with Gasteiger partial charge >= 0.3 is 5.97 Å². The van der Waals surface area contributed by atoms with Crippen molar-refractivity contribution in [3.8, 4) is 6.07 Å². The lowest BCUT2D eigenvalue weighted by Gasteiger charge is -2.03. The van der Waals surface area contributed by atoms with E-state index < -0.39 is 5.97 Å². The van der Waals surface area contributed by atoms with Gasteiger partial charge in [-0.15, -0.1) is 0 Å². The second-order valence-electron chi connectivity index (χ2n) is 2.93. The van der Waals surface area contributed by atoms with Crippen LogP contribution in [0.5, 0.6) is 0 Å². The van der Waals surface area contributed by atoms with E-state index in [-0.39, 0.29) is 5.57 Å². The maximum absolute atomic E-state index is 10.7. The highest BCUT2D eigenvalue weighted by Crippen LogP contribution is 2.21. The minimum Gasteiger partial charge on any atom is -0.477 e. The average Bonchev–Trinajstić information content (AvgIpc) is 2.18. The number of nitrogens with zero attached hydrogens (tertiary/aromatic N) is 1. The summed E-state index contributed by atoms with van der Waals surface area (Å²) in [4.78, 5) is 10.7. The van der Waals surface area contributed by atoms with Gasteiger partial charge in [-0.05, 0) is 30.2 Å². The van der Waals surface area contributed by atoms with Crippen molar-refractivity contribution in [3.05, 3.63) is 39.9 Å². The molecule has 1 aromatic carbocycles. The summed E-state index contributed by atoms with van der Waals surface area (Å²) in [5.74, 6) is -1.20. The highest BCUT2D eigenvalue weighted by Gasteiger charge is 2.11. The number of hydrogen-bond donors (Lipinski definition) is 1. The van der Waals surface area contributed by atoms with E-state index in [2.05, 4.69) is 15.9 Å². The molecule has 0 saturated carbocycles. The largest absolute Gasteiger partial charge is 0.477 e. The molecule has 1 rings (SSSR count). The number of aliphatic carboxylic acids is 1. The monoisotopic (exact) mass is 265 g/mol. The van der Waals surface area contributed by atoms with Crippen LogP contribution in [0.2, 0.25) is 0 Å². The van der Waals surface area contributed by atoms with Crippen molar-refractivity contribution >= 4 is 27.5 Å². The van der Waals surface area contributed by atoms with Crippen molar-refractivity contribution in [1.82, 2.24) is 0 Å². The number of allylic oxidation sites excluding steroid dienone is 1. The van der Waals surface area contributed by atoms with Gasteiger partial charge in [-0.2, -0.15) is 5.26 Å². The van der Waals surface area contributed by atoms with Crippen molar-refractivity contribution in [2.24, 2.45) is 0 Å². The predicted molar refractivity (Wildman–Crippen MR) is 60.0 cm³/mol. The van der Waals surface area contributed by atoms with Crippen molar-refractivity contribution < 1.29 is 9.90 Å². The van der Waals surface area contributed by atoms with Crippen LogP contribution in [0.25, 0.3) is 5.57 Å². The van der Waals surface area contributed by atoms with Crippen LogP contribution in [0.4, 0.5) is 0 Å². The lowest BCUT2D eigenvalue weighted by atomic mass is 10.0. The van der Waals surface area contributed by atoms with Crippen molar-refractivity contribution in [2.45, 2.75) is 6.92 Å². The minimum atomic E-state index is -1.20. The van der Waals surface area contributed by atoms with Gasteiger partial charge in [0.25, 0.3) is 0 Å². The second kappa shape index (κ2) is 4.76. The normalized spacial score (nSPS) is 11.5. The molecule has 15 heavy (non-hydrogen) atoms. The maximum atomic E-state index is 10.7. The second-order valence-corrected chi connectivity index (χ2v) is 3.84. The van der Waals surface area contributed by atoms with Gasteiger partial charge in [0.15, 0.2) is 0 Å². The molecular formula is C11H8BrNO2. The molecule has 0 unspecified atom stereocenters. The zero-order valence-corrected chi connectivity index (χ0v) is 9.58. The van der Waals surface area contributed by atoms with Gasteiger partial charge in [0.05, 0.1) is 0 Å². The van der Waals surface area contributed by atoms with Gasteiger partial charge in [0, 0.05) is 4.47 Å². The Kier molecular flexibility index (Phi) is 3.64. The van der Waals surface area contributed by atoms with Crippen LogP contribution in [0.3, 0.4) is 0 Å². The molecule has 1 N–H and O–H groups in total. The first-order valence-corrected chi connectivity index (χ1v) is 4.95. The van der Waals surface area contributed by atoms with Crippen LogP contribution in [0, 0.1) is 11.3 Å². The number of benzene rings is 1. The van der Waals surface area contributed by atoms with Crippen molar-refractivity contribution in [3.63, 3.8) is 0 Å². The molecule has 0 amide bonds. The van der Waals surface area contributed by atoms with Gasteiger partial charge in [0.1, 0.15) is 11.6 Å². The third-order valence-corrected chi connectivity index (χ3v) is 2.45. The number of carbonyl (C=O) groups is 1. The van der Waals surface area contributed by atoms with Gasteiger partial charge in [-0.1, -0.05) is 28.1 Å². The standard InChI is InChI=1S/C11H8BrNO2/c1-7(10(6-13)11(14)15)8-3-2-4-9(12)5-8/h2-5H,1H3,(H,14,15)/b10-7-. The summed E-state index contributed by atoms with van der Waals surface area (Å²) in [6, 6.07) is 8.85. The van der Waals surface area contributed by atoms with E-state index in [0.29, 0.717) is 5.57 Å². The van der Waals surface area contributed by atoms with Crippen LogP contribution >= 0.6 is 15.9 Å². The third kappa shape index (κ3) is 2.67. The first-order valence-electron chi connectivity index (χ1n) is 4.16. The Bertz CT molecular complexity index is 472. The van der Waals surface area contributed by atoms with E-state index >= 15 is 0 Å². The molecular weight excluding hydrogens is 258 g/mol. The van der Waals surface area contributed by atoms with Crippen LogP contribution < -0.4 is 0 Å². The molecule has 1 aromatic rings. The van der Waals surface area contributed by atoms with E-state index in [4.69, 9.17) is 10.4 Å². The van der Waals surface area contributed by atoms with Gasteiger partial charge < -0.3 is 5.11 Å². The number of carboxylic acid groups (broad SMARTS) is 1. The highest BCUT2D eigenvalue weighted by atomic mass is 79.9. The number of rotatable bonds is 2. The molecule has 0 heterocycles. The van der Waals surface area contributed by atoms with E-state index in [1.54, 1.807) is 31.2 Å². The molecule has 0 aliphatic heterocycles. The Morgan fingerprint density at radius 2 is 2.20 bits per heavy atom. The average molecular weight is 266 g/mol. The van der Waals surface area contributed by atoms with Crippen LogP contribution in [0.1, 0.15) is 12.5 Å². The number of hydrogen-bond acceptors (Lipinski definition) is 2. The number of nitriles is 1.